The van der Waals surface area contributed by atoms with E-state index in [9.17, 15) is 4.79 Å². The number of fused-ring (bicyclic) bond motifs is 1. The topological polar surface area (TPSA) is 102 Å². The average Bonchev–Trinajstić information content (AvgIpc) is 3.23. The Kier molecular flexibility index (Phi) is 5.45. The summed E-state index contributed by atoms with van der Waals surface area (Å²) in [6.07, 6.45) is 8.71. The maximum absolute atomic E-state index is 12.1. The standard InChI is InChI=1S/C14H15N5O.CH2O2/c1-11(18-8-6-15-10-18)14(20)16-9-12-3-2-7-19-13(12)4-5-17-19;2-1-3/h2-8,10-11H,9H2,1H3,(H,16,20);1H,(H,2,3). The Hall–Kier alpha value is -3.16. The van der Waals surface area contributed by atoms with Crippen LogP contribution < -0.4 is 5.32 Å². The van der Waals surface area contributed by atoms with Gasteiger partial charge in [-0.25, -0.2) is 9.50 Å². The highest BCUT2D eigenvalue weighted by Gasteiger charge is 2.14. The lowest BCUT2D eigenvalue weighted by Gasteiger charge is -2.13. The fourth-order valence-electron chi connectivity index (χ4n) is 2.13. The summed E-state index contributed by atoms with van der Waals surface area (Å²) >= 11 is 0. The van der Waals surface area contributed by atoms with Crippen LogP contribution in [0.4, 0.5) is 0 Å². The van der Waals surface area contributed by atoms with Gasteiger partial charge in [0.05, 0.1) is 11.8 Å². The summed E-state index contributed by atoms with van der Waals surface area (Å²) < 4.78 is 3.57. The molecule has 0 bridgehead atoms. The molecule has 0 aliphatic carbocycles. The maximum atomic E-state index is 12.1. The molecule has 1 unspecified atom stereocenters. The molecule has 0 saturated heterocycles. The first-order chi connectivity index (χ1) is 11.2. The summed E-state index contributed by atoms with van der Waals surface area (Å²) in [6, 6.07) is 5.56. The van der Waals surface area contributed by atoms with Crippen LogP contribution in [0.15, 0.2) is 49.3 Å². The normalized spacial score (nSPS) is 11.3. The van der Waals surface area contributed by atoms with Crippen molar-refractivity contribution in [1.82, 2.24) is 24.5 Å². The summed E-state index contributed by atoms with van der Waals surface area (Å²) in [4.78, 5) is 24.4. The Balaban J connectivity index is 0.000000595. The second kappa shape index (κ2) is 7.74. The molecular weight excluding hydrogens is 298 g/mol. The van der Waals surface area contributed by atoms with Crippen LogP contribution in [0.1, 0.15) is 18.5 Å². The number of hydrogen-bond acceptors (Lipinski definition) is 4. The molecular formula is C15H17N5O3. The second-order valence-electron chi connectivity index (χ2n) is 4.70. The highest BCUT2D eigenvalue weighted by Crippen LogP contribution is 2.10. The number of nitrogens with zero attached hydrogens (tertiary/aromatic N) is 4. The molecule has 23 heavy (non-hydrogen) atoms. The molecule has 8 nitrogen and oxygen atoms in total. The summed E-state index contributed by atoms with van der Waals surface area (Å²) in [5.74, 6) is -0.0375. The van der Waals surface area contributed by atoms with E-state index in [0.29, 0.717) is 6.54 Å². The maximum Gasteiger partial charge on any atom is 0.290 e. The van der Waals surface area contributed by atoms with Crippen LogP contribution in [-0.4, -0.2) is 36.7 Å². The highest BCUT2D eigenvalue weighted by atomic mass is 16.3. The van der Waals surface area contributed by atoms with Crippen molar-refractivity contribution >= 4 is 17.9 Å². The van der Waals surface area contributed by atoms with Gasteiger partial charge in [0.1, 0.15) is 6.04 Å². The Labute approximate surface area is 132 Å². The Morgan fingerprint density at radius 3 is 2.87 bits per heavy atom. The lowest BCUT2D eigenvalue weighted by atomic mass is 10.2. The molecule has 3 rings (SSSR count). The molecule has 0 spiro atoms. The summed E-state index contributed by atoms with van der Waals surface area (Å²) in [5, 5.41) is 14.0. The van der Waals surface area contributed by atoms with Crippen molar-refractivity contribution in [1.29, 1.82) is 0 Å². The van der Waals surface area contributed by atoms with Gasteiger partial charge in [-0.1, -0.05) is 6.07 Å². The van der Waals surface area contributed by atoms with Crippen LogP contribution in [0, 0.1) is 0 Å². The van der Waals surface area contributed by atoms with E-state index < -0.39 is 0 Å². The Morgan fingerprint density at radius 1 is 1.39 bits per heavy atom. The minimum Gasteiger partial charge on any atom is -0.483 e. The van der Waals surface area contributed by atoms with Gasteiger partial charge in [-0.15, -0.1) is 0 Å². The fourth-order valence-corrected chi connectivity index (χ4v) is 2.13. The van der Waals surface area contributed by atoms with Gasteiger partial charge in [0, 0.05) is 31.3 Å². The zero-order chi connectivity index (χ0) is 16.7. The largest absolute Gasteiger partial charge is 0.483 e. The molecule has 0 radical (unpaired) electrons. The first-order valence-corrected chi connectivity index (χ1v) is 6.91. The molecule has 0 aliphatic heterocycles. The molecule has 0 fully saturated rings. The fraction of sp³-hybridized carbons (Fsp3) is 0.200. The molecule has 3 aromatic heterocycles. The molecule has 2 N–H and O–H groups in total. The zero-order valence-corrected chi connectivity index (χ0v) is 12.5. The van der Waals surface area contributed by atoms with E-state index in [0.717, 1.165) is 11.1 Å². The Bertz CT molecular complexity index is 766. The number of amides is 1. The van der Waals surface area contributed by atoms with E-state index in [1.165, 1.54) is 0 Å². The van der Waals surface area contributed by atoms with E-state index in [4.69, 9.17) is 9.90 Å². The highest BCUT2D eigenvalue weighted by molar-refractivity contribution is 5.80. The van der Waals surface area contributed by atoms with Gasteiger partial charge in [-0.05, 0) is 24.6 Å². The third kappa shape index (κ3) is 3.94. The third-order valence-electron chi connectivity index (χ3n) is 3.33. The van der Waals surface area contributed by atoms with Crippen molar-refractivity contribution < 1.29 is 14.7 Å². The number of imidazole rings is 1. The van der Waals surface area contributed by atoms with E-state index in [1.54, 1.807) is 34.0 Å². The lowest BCUT2D eigenvalue weighted by Crippen LogP contribution is -2.30. The summed E-state index contributed by atoms with van der Waals surface area (Å²) in [7, 11) is 0. The van der Waals surface area contributed by atoms with Gasteiger partial charge >= 0.3 is 0 Å². The number of pyridine rings is 1. The third-order valence-corrected chi connectivity index (χ3v) is 3.33. The van der Waals surface area contributed by atoms with Crippen LogP contribution >= 0.6 is 0 Å². The van der Waals surface area contributed by atoms with Crippen molar-refractivity contribution in [2.45, 2.75) is 19.5 Å². The predicted molar refractivity (Wildman–Crippen MR) is 82.7 cm³/mol. The smallest absolute Gasteiger partial charge is 0.290 e. The van der Waals surface area contributed by atoms with Crippen LogP contribution in [-0.2, 0) is 16.1 Å². The van der Waals surface area contributed by atoms with Gasteiger partial charge in [-0.3, -0.25) is 9.59 Å². The molecule has 1 amide bonds. The number of carboxylic acid groups (broad SMARTS) is 1. The number of carbonyl (C=O) groups excluding carboxylic acids is 1. The minimum atomic E-state index is -0.276. The van der Waals surface area contributed by atoms with E-state index in [2.05, 4.69) is 15.4 Å². The molecule has 3 heterocycles. The quantitative estimate of drug-likeness (QED) is 0.702. The summed E-state index contributed by atoms with van der Waals surface area (Å²) in [5.41, 5.74) is 2.04. The number of nitrogens with one attached hydrogen (secondary N) is 1. The van der Waals surface area contributed by atoms with Gasteiger partial charge in [0.15, 0.2) is 0 Å². The van der Waals surface area contributed by atoms with E-state index in [-0.39, 0.29) is 18.4 Å². The molecule has 3 aromatic rings. The second-order valence-corrected chi connectivity index (χ2v) is 4.70. The molecule has 1 atom stereocenters. The minimum absolute atomic E-state index is 0.0375. The van der Waals surface area contributed by atoms with Crippen LogP contribution in [0.2, 0.25) is 0 Å². The van der Waals surface area contributed by atoms with Crippen molar-refractivity contribution in [3.8, 4) is 0 Å². The number of rotatable bonds is 4. The molecule has 120 valence electrons. The van der Waals surface area contributed by atoms with E-state index in [1.807, 2.05) is 31.3 Å². The van der Waals surface area contributed by atoms with Crippen molar-refractivity contribution in [2.75, 3.05) is 0 Å². The van der Waals surface area contributed by atoms with Crippen molar-refractivity contribution in [3.63, 3.8) is 0 Å². The van der Waals surface area contributed by atoms with Crippen LogP contribution in [0.5, 0.6) is 0 Å². The van der Waals surface area contributed by atoms with Crippen molar-refractivity contribution in [2.24, 2.45) is 0 Å². The Morgan fingerprint density at radius 2 is 2.17 bits per heavy atom. The number of hydrogen-bond donors (Lipinski definition) is 2. The number of carbonyl (C=O) groups is 2. The first-order valence-electron chi connectivity index (χ1n) is 6.91. The van der Waals surface area contributed by atoms with Crippen molar-refractivity contribution in [3.05, 3.63) is 54.9 Å². The average molecular weight is 315 g/mol. The number of aromatic nitrogens is 4. The predicted octanol–water partition coefficient (Wildman–Crippen LogP) is 1.11. The van der Waals surface area contributed by atoms with Gasteiger partial charge in [-0.2, -0.15) is 5.10 Å². The molecule has 0 aliphatic rings. The molecule has 0 aromatic carbocycles. The summed E-state index contributed by atoms with van der Waals surface area (Å²) in [6.45, 7) is 2.07. The van der Waals surface area contributed by atoms with Crippen LogP contribution in [0.25, 0.3) is 5.52 Å². The monoisotopic (exact) mass is 315 g/mol. The SMILES string of the molecule is CC(C(=O)NCc1cccn2nccc12)n1ccnc1.O=CO. The van der Waals surface area contributed by atoms with Crippen LogP contribution in [0.3, 0.4) is 0 Å². The van der Waals surface area contributed by atoms with Gasteiger partial charge in [0.25, 0.3) is 6.47 Å². The first kappa shape index (κ1) is 16.2. The van der Waals surface area contributed by atoms with Gasteiger partial charge in [0.2, 0.25) is 5.91 Å². The van der Waals surface area contributed by atoms with Gasteiger partial charge < -0.3 is 15.0 Å². The van der Waals surface area contributed by atoms with E-state index >= 15 is 0 Å². The molecule has 8 heteroatoms. The molecule has 0 saturated carbocycles. The lowest BCUT2D eigenvalue weighted by molar-refractivity contribution is -0.124. The zero-order valence-electron chi connectivity index (χ0n) is 12.5.